The Morgan fingerprint density at radius 2 is 1.90 bits per heavy atom. The highest BCUT2D eigenvalue weighted by Crippen LogP contribution is 2.39. The van der Waals surface area contributed by atoms with Crippen molar-refractivity contribution in [2.45, 2.75) is 12.8 Å². The fourth-order valence-corrected chi connectivity index (χ4v) is 3.54. The van der Waals surface area contributed by atoms with E-state index in [4.69, 9.17) is 14.5 Å². The van der Waals surface area contributed by atoms with Crippen LogP contribution in [-0.2, 0) is 9.47 Å². The summed E-state index contributed by atoms with van der Waals surface area (Å²) in [6, 6.07) is 2.00. The minimum Gasteiger partial charge on any atom is -0.381 e. The Bertz CT molecular complexity index is 498. The molecule has 3 aliphatic rings. The quantitative estimate of drug-likeness (QED) is 0.807. The van der Waals surface area contributed by atoms with Crippen LogP contribution in [0.1, 0.15) is 12.8 Å². The van der Waals surface area contributed by atoms with E-state index in [-0.39, 0.29) is 0 Å². The largest absolute Gasteiger partial charge is 0.381 e. The van der Waals surface area contributed by atoms with Crippen LogP contribution >= 0.6 is 0 Å². The van der Waals surface area contributed by atoms with Crippen molar-refractivity contribution < 1.29 is 9.47 Å². The normalized spacial score (nSPS) is 29.5. The lowest BCUT2D eigenvalue weighted by atomic mass is 9.87. The van der Waals surface area contributed by atoms with Crippen LogP contribution in [0.15, 0.2) is 12.3 Å². The minimum absolute atomic E-state index is 0.346. The van der Waals surface area contributed by atoms with Crippen LogP contribution in [0.3, 0.4) is 0 Å². The molecule has 4 heterocycles. The number of nitrogens with zero attached hydrogens (tertiary/aromatic N) is 4. The summed E-state index contributed by atoms with van der Waals surface area (Å²) < 4.78 is 11.0. The summed E-state index contributed by atoms with van der Waals surface area (Å²) in [6.45, 7) is 7.25. The van der Waals surface area contributed by atoms with Crippen molar-refractivity contribution in [1.82, 2.24) is 9.97 Å². The lowest BCUT2D eigenvalue weighted by molar-refractivity contribution is 0.122. The molecule has 0 saturated carbocycles. The van der Waals surface area contributed by atoms with Gasteiger partial charge in [0.05, 0.1) is 19.8 Å². The Labute approximate surface area is 125 Å². The highest BCUT2D eigenvalue weighted by atomic mass is 16.5. The molecule has 1 atom stereocenters. The predicted octanol–water partition coefficient (Wildman–Crippen LogP) is 0.930. The molecule has 1 unspecified atom stereocenters. The highest BCUT2D eigenvalue weighted by molar-refractivity contribution is 5.44. The van der Waals surface area contributed by atoms with E-state index in [2.05, 4.69) is 14.8 Å². The molecule has 0 bridgehead atoms. The Kier molecular flexibility index (Phi) is 3.43. The monoisotopic (exact) mass is 290 g/mol. The molecule has 1 spiro atoms. The van der Waals surface area contributed by atoms with Crippen molar-refractivity contribution in [3.05, 3.63) is 12.3 Å². The lowest BCUT2D eigenvalue weighted by Crippen LogP contribution is -2.37. The summed E-state index contributed by atoms with van der Waals surface area (Å²) in [5.41, 5.74) is 0.346. The van der Waals surface area contributed by atoms with Gasteiger partial charge in [-0.05, 0) is 18.9 Å². The van der Waals surface area contributed by atoms with Crippen molar-refractivity contribution in [2.24, 2.45) is 5.41 Å². The molecule has 21 heavy (non-hydrogen) atoms. The first-order chi connectivity index (χ1) is 10.3. The van der Waals surface area contributed by atoms with E-state index >= 15 is 0 Å². The van der Waals surface area contributed by atoms with Crippen LogP contribution in [0, 0.1) is 5.41 Å². The van der Waals surface area contributed by atoms with Gasteiger partial charge in [-0.1, -0.05) is 0 Å². The third-order valence-electron chi connectivity index (χ3n) is 4.87. The number of morpholine rings is 1. The standard InChI is InChI=1S/C15H22N4O2/c1-4-16-14(17-13(1)18-6-9-20-10-7-18)19-5-2-15(11-19)3-8-21-12-15/h1,4H,2-3,5-12H2. The van der Waals surface area contributed by atoms with Crippen LogP contribution in [0.4, 0.5) is 11.8 Å². The zero-order chi connectivity index (χ0) is 14.1. The SMILES string of the molecule is c1cc(N2CCOCC2)nc(N2CCC3(CCOC3)C2)n1. The molecule has 0 aromatic carbocycles. The molecule has 4 rings (SSSR count). The van der Waals surface area contributed by atoms with Gasteiger partial charge in [0.15, 0.2) is 0 Å². The fourth-order valence-electron chi connectivity index (χ4n) is 3.54. The summed E-state index contributed by atoms with van der Waals surface area (Å²) in [5, 5.41) is 0. The number of hydrogen-bond acceptors (Lipinski definition) is 6. The van der Waals surface area contributed by atoms with E-state index in [1.165, 1.54) is 12.8 Å². The smallest absolute Gasteiger partial charge is 0.227 e. The maximum atomic E-state index is 5.60. The molecule has 0 aliphatic carbocycles. The van der Waals surface area contributed by atoms with Crippen molar-refractivity contribution in [1.29, 1.82) is 0 Å². The number of anilines is 2. The Morgan fingerprint density at radius 1 is 1.00 bits per heavy atom. The molecule has 0 radical (unpaired) electrons. The van der Waals surface area contributed by atoms with Crippen LogP contribution in [0.25, 0.3) is 0 Å². The van der Waals surface area contributed by atoms with Crippen molar-refractivity contribution in [2.75, 3.05) is 62.4 Å². The number of aromatic nitrogens is 2. The van der Waals surface area contributed by atoms with E-state index in [0.717, 1.165) is 64.4 Å². The molecule has 6 nitrogen and oxygen atoms in total. The number of hydrogen-bond donors (Lipinski definition) is 0. The molecule has 6 heteroatoms. The van der Waals surface area contributed by atoms with Crippen LogP contribution in [-0.4, -0.2) is 62.6 Å². The van der Waals surface area contributed by atoms with E-state index in [9.17, 15) is 0 Å². The predicted molar refractivity (Wildman–Crippen MR) is 79.8 cm³/mol. The molecule has 114 valence electrons. The maximum absolute atomic E-state index is 5.60. The first-order valence-electron chi connectivity index (χ1n) is 7.83. The zero-order valence-electron chi connectivity index (χ0n) is 12.3. The van der Waals surface area contributed by atoms with Gasteiger partial charge < -0.3 is 19.3 Å². The molecule has 3 aliphatic heterocycles. The second kappa shape index (κ2) is 5.42. The zero-order valence-corrected chi connectivity index (χ0v) is 12.3. The van der Waals surface area contributed by atoms with Gasteiger partial charge in [-0.25, -0.2) is 4.98 Å². The topological polar surface area (TPSA) is 50.7 Å². The van der Waals surface area contributed by atoms with E-state index in [1.54, 1.807) is 0 Å². The van der Waals surface area contributed by atoms with Crippen molar-refractivity contribution in [3.63, 3.8) is 0 Å². The molecule has 3 saturated heterocycles. The molecular weight excluding hydrogens is 268 g/mol. The van der Waals surface area contributed by atoms with E-state index in [0.29, 0.717) is 5.41 Å². The van der Waals surface area contributed by atoms with Gasteiger partial charge in [0.2, 0.25) is 5.95 Å². The molecule has 1 aromatic rings. The van der Waals surface area contributed by atoms with Gasteiger partial charge in [0, 0.05) is 44.4 Å². The van der Waals surface area contributed by atoms with E-state index in [1.807, 2.05) is 12.3 Å². The number of rotatable bonds is 2. The van der Waals surface area contributed by atoms with Crippen LogP contribution < -0.4 is 9.80 Å². The summed E-state index contributed by atoms with van der Waals surface area (Å²) in [4.78, 5) is 13.9. The minimum atomic E-state index is 0.346. The molecule has 0 amide bonds. The van der Waals surface area contributed by atoms with E-state index < -0.39 is 0 Å². The summed E-state index contributed by atoms with van der Waals surface area (Å²) in [6.07, 6.45) is 4.24. The third-order valence-corrected chi connectivity index (χ3v) is 4.87. The van der Waals surface area contributed by atoms with Crippen LogP contribution in [0.5, 0.6) is 0 Å². The molecule has 3 fully saturated rings. The second-order valence-corrected chi connectivity index (χ2v) is 6.29. The first-order valence-corrected chi connectivity index (χ1v) is 7.83. The number of ether oxygens (including phenoxy) is 2. The highest BCUT2D eigenvalue weighted by Gasteiger charge is 2.42. The van der Waals surface area contributed by atoms with Gasteiger partial charge in [-0.15, -0.1) is 0 Å². The maximum Gasteiger partial charge on any atom is 0.227 e. The summed E-state index contributed by atoms with van der Waals surface area (Å²) in [5.74, 6) is 1.88. The van der Waals surface area contributed by atoms with Gasteiger partial charge >= 0.3 is 0 Å². The van der Waals surface area contributed by atoms with Crippen LogP contribution in [0.2, 0.25) is 0 Å². The summed E-state index contributed by atoms with van der Waals surface area (Å²) in [7, 11) is 0. The van der Waals surface area contributed by atoms with Gasteiger partial charge in [0.1, 0.15) is 5.82 Å². The first kappa shape index (κ1) is 13.3. The Balaban J connectivity index is 1.50. The lowest BCUT2D eigenvalue weighted by Gasteiger charge is -2.28. The molecule has 1 aromatic heterocycles. The van der Waals surface area contributed by atoms with Gasteiger partial charge in [-0.2, -0.15) is 4.98 Å². The Hall–Kier alpha value is -1.40. The van der Waals surface area contributed by atoms with Gasteiger partial charge in [-0.3, -0.25) is 0 Å². The average Bonchev–Trinajstić information content (AvgIpc) is 3.19. The third kappa shape index (κ3) is 2.58. The molecule has 0 N–H and O–H groups in total. The van der Waals surface area contributed by atoms with Crippen molar-refractivity contribution >= 4 is 11.8 Å². The van der Waals surface area contributed by atoms with Gasteiger partial charge in [0.25, 0.3) is 0 Å². The fraction of sp³-hybridized carbons (Fsp3) is 0.733. The Morgan fingerprint density at radius 3 is 2.71 bits per heavy atom. The van der Waals surface area contributed by atoms with Crippen molar-refractivity contribution in [3.8, 4) is 0 Å². The molecular formula is C15H22N4O2. The average molecular weight is 290 g/mol. The second-order valence-electron chi connectivity index (χ2n) is 6.29. The summed E-state index contributed by atoms with van der Waals surface area (Å²) >= 11 is 0.